The molecule has 2 unspecified atom stereocenters. The van der Waals surface area contributed by atoms with Crippen LogP contribution in [0.15, 0.2) is 0 Å². The third-order valence-corrected chi connectivity index (χ3v) is 4.04. The number of hydrogen-bond donors (Lipinski definition) is 2. The Balaban J connectivity index is 2.46. The largest absolute Gasteiger partial charge is 0.481 e. The number of nitrogens with zero attached hydrogens (tertiary/aromatic N) is 1. The van der Waals surface area contributed by atoms with Gasteiger partial charge in [0.15, 0.2) is 0 Å². The van der Waals surface area contributed by atoms with Gasteiger partial charge in [-0.15, -0.1) is 0 Å². The van der Waals surface area contributed by atoms with Gasteiger partial charge in [0.05, 0.1) is 12.5 Å². The Morgan fingerprint density at radius 1 is 1.35 bits per heavy atom. The molecule has 1 rings (SSSR count). The third kappa shape index (κ3) is 5.49. The molecule has 0 aromatic rings. The summed E-state index contributed by atoms with van der Waals surface area (Å²) >= 11 is 0. The van der Waals surface area contributed by atoms with Gasteiger partial charge in [-0.25, -0.2) is 0 Å². The van der Waals surface area contributed by atoms with Crippen LogP contribution in [0.2, 0.25) is 0 Å². The topological polar surface area (TPSA) is 69.6 Å². The molecule has 5 nitrogen and oxygen atoms in total. The fraction of sp³-hybridized carbons (Fsp3) is 0.867. The van der Waals surface area contributed by atoms with E-state index >= 15 is 0 Å². The maximum absolute atomic E-state index is 12.1. The molecule has 0 spiro atoms. The summed E-state index contributed by atoms with van der Waals surface area (Å²) in [5.74, 6) is -0.754. The van der Waals surface area contributed by atoms with E-state index in [1.165, 1.54) is 0 Å². The molecular weight excluding hydrogens is 256 g/mol. The Hall–Kier alpha value is -1.10. The third-order valence-electron chi connectivity index (χ3n) is 4.04. The van der Waals surface area contributed by atoms with Crippen molar-refractivity contribution in [3.8, 4) is 0 Å². The zero-order chi connectivity index (χ0) is 15.0. The second-order valence-corrected chi connectivity index (χ2v) is 5.66. The molecule has 0 aromatic carbocycles. The van der Waals surface area contributed by atoms with Crippen molar-refractivity contribution < 1.29 is 14.7 Å². The average molecular weight is 284 g/mol. The van der Waals surface area contributed by atoms with Crippen LogP contribution in [0.1, 0.15) is 58.8 Å². The molecule has 20 heavy (non-hydrogen) atoms. The fourth-order valence-corrected chi connectivity index (χ4v) is 2.84. The van der Waals surface area contributed by atoms with E-state index in [1.807, 2.05) is 6.92 Å². The van der Waals surface area contributed by atoms with Crippen molar-refractivity contribution in [3.63, 3.8) is 0 Å². The van der Waals surface area contributed by atoms with Crippen LogP contribution in [0, 0.1) is 0 Å². The standard InChI is InChI=1S/C15H28N2O3/c1-3-4-6-9-16-15(20)12(2)17-10-7-5-8-13(17)11-14(18)19/h12-13H,3-11H2,1-2H3,(H,16,20)(H,18,19). The predicted octanol–water partition coefficient (Wildman–Crippen LogP) is 2.01. The van der Waals surface area contributed by atoms with E-state index in [2.05, 4.69) is 17.1 Å². The van der Waals surface area contributed by atoms with Crippen molar-refractivity contribution in [1.29, 1.82) is 0 Å². The van der Waals surface area contributed by atoms with Crippen LogP contribution < -0.4 is 5.32 Å². The van der Waals surface area contributed by atoms with Gasteiger partial charge in [0.25, 0.3) is 0 Å². The van der Waals surface area contributed by atoms with E-state index in [9.17, 15) is 9.59 Å². The highest BCUT2D eigenvalue weighted by atomic mass is 16.4. The lowest BCUT2D eigenvalue weighted by Crippen LogP contribution is -2.52. The van der Waals surface area contributed by atoms with Crippen molar-refractivity contribution in [2.45, 2.75) is 70.9 Å². The Morgan fingerprint density at radius 3 is 2.75 bits per heavy atom. The summed E-state index contributed by atoms with van der Waals surface area (Å²) in [6.07, 6.45) is 6.38. The second-order valence-electron chi connectivity index (χ2n) is 5.66. The second kappa shape index (κ2) is 8.95. The van der Waals surface area contributed by atoms with Gasteiger partial charge < -0.3 is 10.4 Å². The molecule has 2 atom stereocenters. The number of nitrogens with one attached hydrogen (secondary N) is 1. The van der Waals surface area contributed by atoms with Crippen LogP contribution in [0.4, 0.5) is 0 Å². The summed E-state index contributed by atoms with van der Waals surface area (Å²) in [6, 6.07) is -0.237. The predicted molar refractivity (Wildman–Crippen MR) is 78.6 cm³/mol. The Morgan fingerprint density at radius 2 is 2.10 bits per heavy atom. The molecule has 5 heteroatoms. The van der Waals surface area contributed by atoms with E-state index < -0.39 is 5.97 Å². The molecule has 0 bridgehead atoms. The number of hydrogen-bond acceptors (Lipinski definition) is 3. The lowest BCUT2D eigenvalue weighted by atomic mass is 9.97. The van der Waals surface area contributed by atoms with Crippen molar-refractivity contribution in [3.05, 3.63) is 0 Å². The van der Waals surface area contributed by atoms with E-state index in [1.54, 1.807) is 0 Å². The summed E-state index contributed by atoms with van der Waals surface area (Å²) in [4.78, 5) is 25.1. The van der Waals surface area contributed by atoms with Gasteiger partial charge in [0.1, 0.15) is 0 Å². The number of amides is 1. The lowest BCUT2D eigenvalue weighted by molar-refractivity contribution is -0.140. The first-order valence-corrected chi connectivity index (χ1v) is 7.81. The van der Waals surface area contributed by atoms with Crippen LogP contribution in [-0.2, 0) is 9.59 Å². The van der Waals surface area contributed by atoms with E-state index in [4.69, 9.17) is 5.11 Å². The summed E-state index contributed by atoms with van der Waals surface area (Å²) in [7, 11) is 0. The van der Waals surface area contributed by atoms with Gasteiger partial charge in [-0.3, -0.25) is 14.5 Å². The highest BCUT2D eigenvalue weighted by Crippen LogP contribution is 2.22. The summed E-state index contributed by atoms with van der Waals surface area (Å²) in [5, 5.41) is 11.9. The smallest absolute Gasteiger partial charge is 0.304 e. The highest BCUT2D eigenvalue weighted by molar-refractivity contribution is 5.81. The number of aliphatic carboxylic acids is 1. The number of rotatable bonds is 8. The minimum atomic E-state index is -0.780. The molecule has 1 saturated heterocycles. The highest BCUT2D eigenvalue weighted by Gasteiger charge is 2.31. The minimum absolute atomic E-state index is 0.00218. The van der Waals surface area contributed by atoms with Gasteiger partial charge in [0.2, 0.25) is 5.91 Å². The van der Waals surface area contributed by atoms with Crippen molar-refractivity contribution in [1.82, 2.24) is 10.2 Å². The quantitative estimate of drug-likeness (QED) is 0.669. The van der Waals surface area contributed by atoms with Crippen LogP contribution in [-0.4, -0.2) is 47.1 Å². The molecule has 0 aromatic heterocycles. The Bertz CT molecular complexity index is 320. The van der Waals surface area contributed by atoms with Gasteiger partial charge in [-0.1, -0.05) is 26.2 Å². The molecule has 0 saturated carbocycles. The van der Waals surface area contributed by atoms with Crippen LogP contribution in [0.25, 0.3) is 0 Å². The number of carboxylic acids is 1. The Labute approximate surface area is 121 Å². The van der Waals surface area contributed by atoms with Gasteiger partial charge in [-0.05, 0) is 32.7 Å². The monoisotopic (exact) mass is 284 g/mol. The number of unbranched alkanes of at least 4 members (excludes halogenated alkanes) is 2. The van der Waals surface area contributed by atoms with Crippen molar-refractivity contribution in [2.24, 2.45) is 0 Å². The molecule has 1 heterocycles. The van der Waals surface area contributed by atoms with E-state index in [0.717, 1.165) is 45.1 Å². The van der Waals surface area contributed by atoms with Gasteiger partial charge in [-0.2, -0.15) is 0 Å². The number of carbonyl (C=O) groups is 2. The molecule has 0 aliphatic carbocycles. The summed E-state index contributed by atoms with van der Waals surface area (Å²) in [6.45, 7) is 5.56. The van der Waals surface area contributed by atoms with Crippen LogP contribution in [0.3, 0.4) is 0 Å². The zero-order valence-corrected chi connectivity index (χ0v) is 12.7. The van der Waals surface area contributed by atoms with Crippen LogP contribution >= 0.6 is 0 Å². The number of carbonyl (C=O) groups excluding carboxylic acids is 1. The normalized spacial score (nSPS) is 21.4. The molecular formula is C15H28N2O3. The molecule has 0 radical (unpaired) electrons. The summed E-state index contributed by atoms with van der Waals surface area (Å²) < 4.78 is 0. The van der Waals surface area contributed by atoms with Gasteiger partial charge in [0, 0.05) is 12.6 Å². The SMILES string of the molecule is CCCCCNC(=O)C(C)N1CCCCC1CC(=O)O. The molecule has 1 fully saturated rings. The summed E-state index contributed by atoms with van der Waals surface area (Å²) in [5.41, 5.74) is 0. The molecule has 116 valence electrons. The average Bonchev–Trinajstić information content (AvgIpc) is 2.42. The van der Waals surface area contributed by atoms with Crippen molar-refractivity contribution >= 4 is 11.9 Å². The first-order valence-electron chi connectivity index (χ1n) is 7.81. The Kier molecular flexibility index (Phi) is 7.59. The number of likely N-dealkylation sites (tertiary alicyclic amines) is 1. The molecule has 1 amide bonds. The maximum Gasteiger partial charge on any atom is 0.304 e. The maximum atomic E-state index is 12.1. The number of piperidine rings is 1. The first-order chi connectivity index (χ1) is 9.56. The van der Waals surface area contributed by atoms with Crippen molar-refractivity contribution in [2.75, 3.05) is 13.1 Å². The van der Waals surface area contributed by atoms with E-state index in [0.29, 0.717) is 6.54 Å². The fourth-order valence-electron chi connectivity index (χ4n) is 2.84. The van der Waals surface area contributed by atoms with Gasteiger partial charge >= 0.3 is 5.97 Å². The van der Waals surface area contributed by atoms with E-state index in [-0.39, 0.29) is 24.4 Å². The molecule has 1 aliphatic heterocycles. The zero-order valence-electron chi connectivity index (χ0n) is 12.7. The lowest BCUT2D eigenvalue weighted by Gasteiger charge is -2.38. The number of carboxylic acid groups (broad SMARTS) is 1. The van der Waals surface area contributed by atoms with Crippen LogP contribution in [0.5, 0.6) is 0 Å². The minimum Gasteiger partial charge on any atom is -0.481 e. The molecule has 2 N–H and O–H groups in total. The molecule has 1 aliphatic rings. The first kappa shape index (κ1) is 17.0.